The Morgan fingerprint density at radius 2 is 1.94 bits per heavy atom. The minimum atomic E-state index is 0.757. The first-order valence-corrected chi connectivity index (χ1v) is 9.13. The van der Waals surface area contributed by atoms with Crippen molar-refractivity contribution in [2.75, 3.05) is 18.1 Å². The highest BCUT2D eigenvalue weighted by Crippen LogP contribution is 2.33. The van der Waals surface area contributed by atoms with Crippen LogP contribution in [0.2, 0.25) is 0 Å². The summed E-state index contributed by atoms with van der Waals surface area (Å²) in [6.07, 6.45) is 7.24. The molecule has 0 bridgehead atoms. The predicted molar refractivity (Wildman–Crippen MR) is 85.4 cm³/mol. The van der Waals surface area contributed by atoms with Gasteiger partial charge in [0.15, 0.2) is 0 Å². The fourth-order valence-corrected chi connectivity index (χ4v) is 4.37. The molecule has 0 aromatic rings. The first-order valence-electron chi connectivity index (χ1n) is 7.98. The third-order valence-electron chi connectivity index (χ3n) is 4.18. The summed E-state index contributed by atoms with van der Waals surface area (Å²) in [5.74, 6) is 5.38. The molecule has 0 spiro atoms. The maximum Gasteiger partial charge on any atom is 0.0186 e. The fraction of sp³-hybridized carbons (Fsp3) is 1.00. The lowest BCUT2D eigenvalue weighted by molar-refractivity contribution is 0.220. The van der Waals surface area contributed by atoms with Crippen molar-refractivity contribution in [2.24, 2.45) is 17.8 Å². The van der Waals surface area contributed by atoms with Gasteiger partial charge in [-0.15, -0.1) is 0 Å². The van der Waals surface area contributed by atoms with Crippen molar-refractivity contribution < 1.29 is 0 Å². The molecule has 0 aromatic heterocycles. The molecule has 0 aromatic carbocycles. The van der Waals surface area contributed by atoms with E-state index in [0.717, 1.165) is 30.3 Å². The van der Waals surface area contributed by atoms with Crippen molar-refractivity contribution in [3.63, 3.8) is 0 Å². The Balaban J connectivity index is 2.39. The summed E-state index contributed by atoms with van der Waals surface area (Å²) in [5.41, 5.74) is 0. The van der Waals surface area contributed by atoms with Gasteiger partial charge in [-0.1, -0.05) is 47.0 Å². The van der Waals surface area contributed by atoms with Crippen LogP contribution in [0.3, 0.4) is 0 Å². The molecule has 1 aliphatic rings. The van der Waals surface area contributed by atoms with Crippen molar-refractivity contribution in [1.82, 2.24) is 5.32 Å². The van der Waals surface area contributed by atoms with E-state index < -0.39 is 0 Å². The molecule has 3 atom stereocenters. The van der Waals surface area contributed by atoms with Gasteiger partial charge in [-0.05, 0) is 42.9 Å². The van der Waals surface area contributed by atoms with Crippen LogP contribution in [0.5, 0.6) is 0 Å². The Bertz CT molecular complexity index is 205. The van der Waals surface area contributed by atoms with Gasteiger partial charge in [0.25, 0.3) is 0 Å². The van der Waals surface area contributed by atoms with Gasteiger partial charge in [0.2, 0.25) is 0 Å². The van der Waals surface area contributed by atoms with Crippen molar-refractivity contribution in [2.45, 2.75) is 65.8 Å². The van der Waals surface area contributed by atoms with Gasteiger partial charge in [-0.2, -0.15) is 11.8 Å². The third-order valence-corrected chi connectivity index (χ3v) is 5.68. The monoisotopic (exact) mass is 271 g/mol. The van der Waals surface area contributed by atoms with Gasteiger partial charge < -0.3 is 5.32 Å². The lowest BCUT2D eigenvalue weighted by atomic mass is 9.77. The van der Waals surface area contributed by atoms with E-state index in [-0.39, 0.29) is 0 Å². The van der Waals surface area contributed by atoms with Gasteiger partial charge in [-0.25, -0.2) is 0 Å². The molecule has 0 heterocycles. The van der Waals surface area contributed by atoms with Crippen molar-refractivity contribution >= 4 is 11.8 Å². The molecule has 1 N–H and O–H groups in total. The normalized spacial score (nSPS) is 26.5. The Morgan fingerprint density at radius 1 is 1.17 bits per heavy atom. The molecule has 0 radical (unpaired) electrons. The van der Waals surface area contributed by atoms with Crippen LogP contribution in [-0.2, 0) is 0 Å². The lowest BCUT2D eigenvalue weighted by Gasteiger charge is -2.34. The minimum absolute atomic E-state index is 0.757. The summed E-state index contributed by atoms with van der Waals surface area (Å²) in [5, 5.41) is 3.75. The van der Waals surface area contributed by atoms with E-state index in [1.165, 1.54) is 43.6 Å². The molecule has 1 saturated carbocycles. The molecule has 108 valence electrons. The first kappa shape index (κ1) is 16.4. The molecule has 18 heavy (non-hydrogen) atoms. The van der Waals surface area contributed by atoms with Gasteiger partial charge >= 0.3 is 0 Å². The number of rotatable bonds is 8. The quantitative estimate of drug-likeness (QED) is 0.694. The van der Waals surface area contributed by atoms with Crippen LogP contribution in [0.4, 0.5) is 0 Å². The topological polar surface area (TPSA) is 12.0 Å². The van der Waals surface area contributed by atoms with Gasteiger partial charge in [0.1, 0.15) is 0 Å². The van der Waals surface area contributed by atoms with E-state index in [2.05, 4.69) is 44.8 Å². The maximum atomic E-state index is 3.75. The smallest absolute Gasteiger partial charge is 0.0186 e. The van der Waals surface area contributed by atoms with E-state index >= 15 is 0 Å². The second-order valence-corrected chi connectivity index (χ2v) is 7.37. The number of thioether (sulfide) groups is 1. The number of hydrogen-bond donors (Lipinski definition) is 1. The third kappa shape index (κ3) is 5.97. The Labute approximate surface area is 119 Å². The maximum absolute atomic E-state index is 3.75. The molecule has 1 rings (SSSR count). The summed E-state index contributed by atoms with van der Waals surface area (Å²) in [4.78, 5) is 0. The summed E-state index contributed by atoms with van der Waals surface area (Å²) >= 11 is 2.15. The number of nitrogens with one attached hydrogen (secondary N) is 1. The Kier molecular flexibility index (Phi) is 8.41. The summed E-state index contributed by atoms with van der Waals surface area (Å²) < 4.78 is 0. The SMILES string of the molecule is CCNC(CSCC(C)C)C1CCCC(CC)C1. The average molecular weight is 272 g/mol. The molecule has 3 unspecified atom stereocenters. The zero-order chi connectivity index (χ0) is 13.4. The zero-order valence-electron chi connectivity index (χ0n) is 12.9. The molecule has 1 aliphatic carbocycles. The van der Waals surface area contributed by atoms with Crippen LogP contribution in [0.1, 0.15) is 59.8 Å². The molecular formula is C16H33NS. The summed E-state index contributed by atoms with van der Waals surface area (Å²) in [7, 11) is 0. The first-order chi connectivity index (χ1) is 8.67. The summed E-state index contributed by atoms with van der Waals surface area (Å²) in [6.45, 7) is 10.4. The van der Waals surface area contributed by atoms with Crippen LogP contribution in [0, 0.1) is 17.8 Å². The Hall–Kier alpha value is 0.310. The largest absolute Gasteiger partial charge is 0.313 e. The van der Waals surface area contributed by atoms with E-state index in [9.17, 15) is 0 Å². The Morgan fingerprint density at radius 3 is 2.56 bits per heavy atom. The fourth-order valence-electron chi connectivity index (χ4n) is 3.12. The minimum Gasteiger partial charge on any atom is -0.313 e. The average Bonchev–Trinajstić information content (AvgIpc) is 2.37. The second-order valence-electron chi connectivity index (χ2n) is 6.30. The van der Waals surface area contributed by atoms with Crippen molar-refractivity contribution in [1.29, 1.82) is 0 Å². The summed E-state index contributed by atoms with van der Waals surface area (Å²) in [6, 6.07) is 0.757. The molecule has 1 nitrogen and oxygen atoms in total. The standard InChI is InChI=1S/C16H33NS/c1-5-14-8-7-9-15(10-14)16(17-6-2)12-18-11-13(3)4/h13-17H,5-12H2,1-4H3. The van der Waals surface area contributed by atoms with Crippen molar-refractivity contribution in [3.8, 4) is 0 Å². The molecule has 0 aliphatic heterocycles. The van der Waals surface area contributed by atoms with E-state index in [4.69, 9.17) is 0 Å². The van der Waals surface area contributed by atoms with Crippen LogP contribution in [0.25, 0.3) is 0 Å². The zero-order valence-corrected chi connectivity index (χ0v) is 13.7. The highest BCUT2D eigenvalue weighted by molar-refractivity contribution is 7.99. The van der Waals surface area contributed by atoms with E-state index in [0.29, 0.717) is 0 Å². The van der Waals surface area contributed by atoms with Crippen molar-refractivity contribution in [3.05, 3.63) is 0 Å². The highest BCUT2D eigenvalue weighted by Gasteiger charge is 2.27. The molecular weight excluding hydrogens is 238 g/mol. The van der Waals surface area contributed by atoms with E-state index in [1.807, 2.05) is 0 Å². The highest BCUT2D eigenvalue weighted by atomic mass is 32.2. The lowest BCUT2D eigenvalue weighted by Crippen LogP contribution is -2.40. The van der Waals surface area contributed by atoms with Crippen LogP contribution in [-0.4, -0.2) is 24.1 Å². The molecule has 0 saturated heterocycles. The van der Waals surface area contributed by atoms with Crippen LogP contribution < -0.4 is 5.32 Å². The predicted octanol–water partition coefficient (Wildman–Crippen LogP) is 4.57. The number of hydrogen-bond acceptors (Lipinski definition) is 2. The van der Waals surface area contributed by atoms with Gasteiger partial charge in [0, 0.05) is 11.8 Å². The second kappa shape index (κ2) is 9.25. The van der Waals surface area contributed by atoms with Crippen LogP contribution in [0.15, 0.2) is 0 Å². The van der Waals surface area contributed by atoms with Crippen LogP contribution >= 0.6 is 11.8 Å². The molecule has 1 fully saturated rings. The van der Waals surface area contributed by atoms with Gasteiger partial charge in [-0.3, -0.25) is 0 Å². The van der Waals surface area contributed by atoms with Gasteiger partial charge in [0.05, 0.1) is 0 Å². The van der Waals surface area contributed by atoms with E-state index in [1.54, 1.807) is 0 Å². The molecule has 0 amide bonds. The molecule has 2 heteroatoms.